The highest BCUT2D eigenvalue weighted by Gasteiger charge is 2.49. The molecule has 0 bridgehead atoms. The molecule has 4 rings (SSSR count). The third-order valence-electron chi connectivity index (χ3n) is 4.61. The molecule has 3 aromatic rings. The number of carbonyl (C=O) groups is 1. The molecule has 27 heavy (non-hydrogen) atoms. The van der Waals surface area contributed by atoms with E-state index in [1.165, 1.54) is 11.1 Å². The Bertz CT molecular complexity index is 1050. The van der Waals surface area contributed by atoms with Crippen LogP contribution < -0.4 is 5.73 Å². The lowest BCUT2D eigenvalue weighted by Crippen LogP contribution is -2.41. The molecule has 1 aliphatic heterocycles. The number of aromatic nitrogens is 2. The van der Waals surface area contributed by atoms with Gasteiger partial charge in [-0.05, 0) is 17.2 Å². The predicted molar refractivity (Wildman–Crippen MR) is 104 cm³/mol. The van der Waals surface area contributed by atoms with E-state index < -0.39 is 5.54 Å². The van der Waals surface area contributed by atoms with E-state index in [2.05, 4.69) is 15.0 Å². The SMILES string of the molecule is CN1C(=O)C(c2ccccc2)(c2cccc(-c3cncc(Cl)n3)c2)N=C1N. The summed E-state index contributed by atoms with van der Waals surface area (Å²) < 4.78 is 0. The molecule has 6 nitrogen and oxygen atoms in total. The van der Waals surface area contributed by atoms with E-state index in [4.69, 9.17) is 17.3 Å². The van der Waals surface area contributed by atoms with Crippen molar-refractivity contribution in [1.82, 2.24) is 14.9 Å². The molecule has 134 valence electrons. The molecule has 0 saturated carbocycles. The van der Waals surface area contributed by atoms with E-state index in [0.717, 1.165) is 11.1 Å². The van der Waals surface area contributed by atoms with Crippen molar-refractivity contribution in [3.63, 3.8) is 0 Å². The monoisotopic (exact) mass is 377 g/mol. The molecule has 2 N–H and O–H groups in total. The van der Waals surface area contributed by atoms with Gasteiger partial charge in [0.15, 0.2) is 11.5 Å². The maximum absolute atomic E-state index is 13.2. The number of guanidine groups is 1. The number of halogens is 1. The third kappa shape index (κ3) is 2.74. The van der Waals surface area contributed by atoms with Gasteiger partial charge in [0.25, 0.3) is 5.91 Å². The Balaban J connectivity index is 1.93. The Labute approximate surface area is 161 Å². The Morgan fingerprint density at radius 3 is 2.44 bits per heavy atom. The fraction of sp³-hybridized carbons (Fsp3) is 0.100. The maximum Gasteiger partial charge on any atom is 0.266 e. The number of nitrogens with two attached hydrogens (primary N) is 1. The molecule has 1 aliphatic rings. The van der Waals surface area contributed by atoms with Crippen LogP contribution in [0.5, 0.6) is 0 Å². The summed E-state index contributed by atoms with van der Waals surface area (Å²) in [4.78, 5) is 27.6. The van der Waals surface area contributed by atoms with Crippen molar-refractivity contribution in [2.24, 2.45) is 10.7 Å². The van der Waals surface area contributed by atoms with Gasteiger partial charge >= 0.3 is 0 Å². The Morgan fingerprint density at radius 2 is 1.78 bits per heavy atom. The fourth-order valence-electron chi connectivity index (χ4n) is 3.25. The molecule has 2 aromatic carbocycles. The lowest BCUT2D eigenvalue weighted by Gasteiger charge is -2.26. The summed E-state index contributed by atoms with van der Waals surface area (Å²) >= 11 is 5.97. The van der Waals surface area contributed by atoms with Gasteiger partial charge in [-0.3, -0.25) is 14.7 Å². The standard InChI is InChI=1S/C20H16ClN5O/c1-26-18(27)20(25-19(26)22,14-7-3-2-4-8-14)15-9-5-6-13(10-15)16-11-23-12-17(21)24-16/h2-12H,1H3,(H2,22,25). The second-order valence-electron chi connectivity index (χ2n) is 6.22. The number of hydrogen-bond donors (Lipinski definition) is 1. The minimum Gasteiger partial charge on any atom is -0.369 e. The van der Waals surface area contributed by atoms with Gasteiger partial charge in [0, 0.05) is 12.6 Å². The molecule has 1 unspecified atom stereocenters. The van der Waals surface area contributed by atoms with Crippen molar-refractivity contribution in [2.75, 3.05) is 7.05 Å². The smallest absolute Gasteiger partial charge is 0.266 e. The van der Waals surface area contributed by atoms with Gasteiger partial charge in [0.2, 0.25) is 0 Å². The highest BCUT2D eigenvalue weighted by Crippen LogP contribution is 2.40. The van der Waals surface area contributed by atoms with Crippen LogP contribution in [-0.2, 0) is 10.3 Å². The number of amides is 1. The van der Waals surface area contributed by atoms with Crippen LogP contribution in [0.4, 0.5) is 0 Å². The zero-order chi connectivity index (χ0) is 19.0. The lowest BCUT2D eigenvalue weighted by atomic mass is 9.82. The van der Waals surface area contributed by atoms with E-state index in [9.17, 15) is 4.79 Å². The average molecular weight is 378 g/mol. The third-order valence-corrected chi connectivity index (χ3v) is 4.79. The van der Waals surface area contributed by atoms with Crippen LogP contribution in [0.3, 0.4) is 0 Å². The molecule has 1 atom stereocenters. The number of hydrogen-bond acceptors (Lipinski definition) is 5. The zero-order valence-electron chi connectivity index (χ0n) is 14.5. The average Bonchev–Trinajstić information content (AvgIpc) is 2.94. The van der Waals surface area contributed by atoms with Gasteiger partial charge in [0.1, 0.15) is 5.15 Å². The van der Waals surface area contributed by atoms with Crippen LogP contribution in [0.1, 0.15) is 11.1 Å². The van der Waals surface area contributed by atoms with Gasteiger partial charge in [-0.25, -0.2) is 9.98 Å². The van der Waals surface area contributed by atoms with Crippen molar-refractivity contribution >= 4 is 23.5 Å². The fourth-order valence-corrected chi connectivity index (χ4v) is 3.40. The lowest BCUT2D eigenvalue weighted by molar-refractivity contribution is -0.129. The molecule has 1 amide bonds. The van der Waals surface area contributed by atoms with E-state index in [1.807, 2.05) is 54.6 Å². The predicted octanol–water partition coefficient (Wildman–Crippen LogP) is 2.83. The number of rotatable bonds is 3. The van der Waals surface area contributed by atoms with Crippen molar-refractivity contribution < 1.29 is 4.79 Å². The highest BCUT2D eigenvalue weighted by atomic mass is 35.5. The first-order valence-electron chi connectivity index (χ1n) is 8.30. The normalized spacial score (nSPS) is 19.3. The van der Waals surface area contributed by atoms with Crippen molar-refractivity contribution in [1.29, 1.82) is 0 Å². The molecule has 0 aliphatic carbocycles. The molecule has 0 spiro atoms. The first kappa shape index (κ1) is 17.2. The van der Waals surface area contributed by atoms with Crippen LogP contribution in [0.2, 0.25) is 5.15 Å². The molecule has 0 fully saturated rings. The summed E-state index contributed by atoms with van der Waals surface area (Å²) in [6.07, 6.45) is 3.10. The summed E-state index contributed by atoms with van der Waals surface area (Å²) in [7, 11) is 1.62. The topological polar surface area (TPSA) is 84.5 Å². The summed E-state index contributed by atoms with van der Waals surface area (Å²) in [6.45, 7) is 0. The molecule has 2 heterocycles. The van der Waals surface area contributed by atoms with Crippen molar-refractivity contribution in [3.05, 3.63) is 83.3 Å². The molecular weight excluding hydrogens is 362 g/mol. The van der Waals surface area contributed by atoms with Gasteiger partial charge in [0.05, 0.1) is 18.1 Å². The van der Waals surface area contributed by atoms with Crippen LogP contribution in [0, 0.1) is 0 Å². The summed E-state index contributed by atoms with van der Waals surface area (Å²) in [5.74, 6) is -0.0302. The second-order valence-corrected chi connectivity index (χ2v) is 6.61. The minimum atomic E-state index is -1.23. The second kappa shape index (κ2) is 6.48. The Morgan fingerprint density at radius 1 is 1.04 bits per heavy atom. The van der Waals surface area contributed by atoms with Crippen LogP contribution in [0.25, 0.3) is 11.3 Å². The van der Waals surface area contributed by atoms with Gasteiger partial charge in [-0.1, -0.05) is 60.1 Å². The van der Waals surface area contributed by atoms with Crippen LogP contribution in [-0.4, -0.2) is 33.8 Å². The Hall–Kier alpha value is -3.25. The van der Waals surface area contributed by atoms with E-state index in [-0.39, 0.29) is 11.9 Å². The summed E-state index contributed by atoms with van der Waals surface area (Å²) in [6, 6.07) is 16.9. The first-order valence-corrected chi connectivity index (χ1v) is 8.67. The highest BCUT2D eigenvalue weighted by molar-refractivity contribution is 6.29. The van der Waals surface area contributed by atoms with Gasteiger partial charge < -0.3 is 5.73 Å². The number of likely N-dealkylation sites (N-methyl/N-ethyl adjacent to an activating group) is 1. The first-order chi connectivity index (χ1) is 13.0. The van der Waals surface area contributed by atoms with Crippen molar-refractivity contribution in [3.8, 4) is 11.3 Å². The molecule has 7 heteroatoms. The molecule has 0 saturated heterocycles. The van der Waals surface area contributed by atoms with Crippen LogP contribution >= 0.6 is 11.6 Å². The largest absolute Gasteiger partial charge is 0.369 e. The summed E-state index contributed by atoms with van der Waals surface area (Å²) in [5, 5.41) is 0.301. The zero-order valence-corrected chi connectivity index (χ0v) is 15.3. The molecule has 0 radical (unpaired) electrons. The Kier molecular flexibility index (Phi) is 4.12. The van der Waals surface area contributed by atoms with Gasteiger partial charge in [-0.2, -0.15) is 0 Å². The molecule has 1 aromatic heterocycles. The van der Waals surface area contributed by atoms with E-state index >= 15 is 0 Å². The minimum absolute atomic E-state index is 0.178. The maximum atomic E-state index is 13.2. The molecular formula is C20H16ClN5O. The van der Waals surface area contributed by atoms with Crippen LogP contribution in [0.15, 0.2) is 72.0 Å². The number of nitrogens with zero attached hydrogens (tertiary/aromatic N) is 4. The number of carbonyl (C=O) groups excluding carboxylic acids is 1. The quantitative estimate of drug-likeness (QED) is 0.760. The number of aliphatic imine (C=N–C) groups is 1. The van der Waals surface area contributed by atoms with Crippen molar-refractivity contribution in [2.45, 2.75) is 5.54 Å². The summed E-state index contributed by atoms with van der Waals surface area (Å²) in [5.41, 5.74) is 7.62. The number of benzene rings is 2. The van der Waals surface area contributed by atoms with E-state index in [0.29, 0.717) is 16.4 Å². The van der Waals surface area contributed by atoms with E-state index in [1.54, 1.807) is 13.2 Å². The van der Waals surface area contributed by atoms with Gasteiger partial charge in [-0.15, -0.1) is 0 Å².